The lowest BCUT2D eigenvalue weighted by molar-refractivity contribution is 0.338. The van der Waals surface area contributed by atoms with Crippen LogP contribution >= 0.6 is 11.6 Å². The van der Waals surface area contributed by atoms with Crippen LogP contribution in [0.3, 0.4) is 0 Å². The topological polar surface area (TPSA) is 46.8 Å². The summed E-state index contributed by atoms with van der Waals surface area (Å²) in [6.45, 7) is 2.90. The first kappa shape index (κ1) is 10.5. The number of halogens is 1. The van der Waals surface area contributed by atoms with E-state index < -0.39 is 0 Å². The van der Waals surface area contributed by atoms with Crippen LogP contribution in [-0.2, 0) is 6.54 Å². The van der Waals surface area contributed by atoms with Crippen LogP contribution < -0.4 is 4.90 Å². The zero-order chi connectivity index (χ0) is 11.7. The average Bonchev–Trinajstić information content (AvgIpc) is 2.77. The second-order valence-corrected chi connectivity index (χ2v) is 4.64. The molecule has 0 spiro atoms. The smallest absolute Gasteiger partial charge is 0.225 e. The number of anilines is 1. The minimum atomic E-state index is 0.572. The van der Waals surface area contributed by atoms with Crippen LogP contribution in [0, 0.1) is 5.92 Å². The lowest BCUT2D eigenvalue weighted by Crippen LogP contribution is -2.49. The number of hydrogen-bond donors (Lipinski definition) is 0. The van der Waals surface area contributed by atoms with E-state index in [2.05, 4.69) is 20.0 Å². The molecule has 0 radical (unpaired) electrons. The molecule has 0 aliphatic carbocycles. The molecule has 0 unspecified atom stereocenters. The van der Waals surface area contributed by atoms with Crippen molar-refractivity contribution in [3.63, 3.8) is 0 Å². The normalized spacial score (nSPS) is 15.9. The average molecular weight is 250 g/mol. The fourth-order valence-corrected chi connectivity index (χ4v) is 2.09. The molecule has 0 bridgehead atoms. The molecule has 0 N–H and O–H groups in total. The van der Waals surface area contributed by atoms with E-state index in [9.17, 15) is 0 Å². The summed E-state index contributed by atoms with van der Waals surface area (Å²) in [5, 5.41) is 4.77. The van der Waals surface area contributed by atoms with Gasteiger partial charge in [-0.15, -0.1) is 0 Å². The summed E-state index contributed by atoms with van der Waals surface area (Å²) < 4.78 is 1.96. The van der Waals surface area contributed by atoms with Crippen LogP contribution in [0.15, 0.2) is 30.9 Å². The van der Waals surface area contributed by atoms with E-state index >= 15 is 0 Å². The summed E-state index contributed by atoms with van der Waals surface area (Å²) in [6, 6.07) is 1.94. The largest absolute Gasteiger partial charge is 0.340 e. The lowest BCUT2D eigenvalue weighted by Gasteiger charge is -2.39. The molecule has 0 saturated carbocycles. The van der Waals surface area contributed by atoms with Gasteiger partial charge < -0.3 is 4.90 Å². The number of nitrogens with zero attached hydrogens (tertiary/aromatic N) is 5. The van der Waals surface area contributed by atoms with Crippen molar-refractivity contribution in [1.29, 1.82) is 0 Å². The molecule has 1 aliphatic heterocycles. The monoisotopic (exact) mass is 249 g/mol. The van der Waals surface area contributed by atoms with Crippen LogP contribution in [0.4, 0.5) is 5.95 Å². The van der Waals surface area contributed by atoms with Gasteiger partial charge in [0.05, 0.1) is 17.4 Å². The molecule has 2 aromatic heterocycles. The molecule has 1 fully saturated rings. The van der Waals surface area contributed by atoms with E-state index in [0.717, 1.165) is 25.6 Å². The Labute approximate surface area is 104 Å². The van der Waals surface area contributed by atoms with Crippen molar-refractivity contribution in [1.82, 2.24) is 19.7 Å². The Morgan fingerprint density at radius 2 is 2.06 bits per heavy atom. The molecule has 3 heterocycles. The van der Waals surface area contributed by atoms with Gasteiger partial charge in [-0.1, -0.05) is 11.6 Å². The molecular weight excluding hydrogens is 238 g/mol. The first-order valence-corrected chi connectivity index (χ1v) is 5.89. The van der Waals surface area contributed by atoms with Crippen molar-refractivity contribution in [2.24, 2.45) is 5.92 Å². The number of rotatable bonds is 3. The van der Waals surface area contributed by atoms with Gasteiger partial charge in [-0.05, 0) is 6.07 Å². The third-order valence-electron chi connectivity index (χ3n) is 2.85. The molecule has 6 heteroatoms. The Bertz CT molecular complexity index is 475. The van der Waals surface area contributed by atoms with Crippen molar-refractivity contribution in [2.75, 3.05) is 18.0 Å². The molecule has 1 aliphatic rings. The van der Waals surface area contributed by atoms with E-state index in [1.54, 1.807) is 18.6 Å². The highest BCUT2D eigenvalue weighted by atomic mass is 35.5. The first-order valence-electron chi connectivity index (χ1n) is 5.51. The molecule has 1 saturated heterocycles. The van der Waals surface area contributed by atoms with Gasteiger partial charge >= 0.3 is 0 Å². The minimum Gasteiger partial charge on any atom is -0.340 e. The summed E-state index contributed by atoms with van der Waals surface area (Å²) in [4.78, 5) is 10.5. The van der Waals surface area contributed by atoms with Crippen LogP contribution in [0.25, 0.3) is 0 Å². The van der Waals surface area contributed by atoms with Crippen LogP contribution in [0.5, 0.6) is 0 Å². The van der Waals surface area contributed by atoms with Crippen molar-refractivity contribution >= 4 is 17.5 Å². The zero-order valence-corrected chi connectivity index (χ0v) is 9.96. The van der Waals surface area contributed by atoms with Crippen LogP contribution in [0.1, 0.15) is 0 Å². The molecule has 5 nitrogen and oxygen atoms in total. The van der Waals surface area contributed by atoms with Crippen molar-refractivity contribution in [2.45, 2.75) is 6.54 Å². The lowest BCUT2D eigenvalue weighted by atomic mass is 10.0. The molecule has 0 atom stereocenters. The summed E-state index contributed by atoms with van der Waals surface area (Å²) in [5.41, 5.74) is 0. The predicted molar refractivity (Wildman–Crippen MR) is 65.0 cm³/mol. The van der Waals surface area contributed by atoms with Crippen molar-refractivity contribution in [3.05, 3.63) is 35.9 Å². The van der Waals surface area contributed by atoms with Crippen LogP contribution in [-0.4, -0.2) is 32.8 Å². The molecule has 3 rings (SSSR count). The highest BCUT2D eigenvalue weighted by Gasteiger charge is 2.28. The van der Waals surface area contributed by atoms with Gasteiger partial charge in [0.1, 0.15) is 0 Å². The molecule has 0 aromatic carbocycles. The Hall–Kier alpha value is -1.62. The second kappa shape index (κ2) is 4.33. The van der Waals surface area contributed by atoms with Crippen molar-refractivity contribution in [3.8, 4) is 0 Å². The van der Waals surface area contributed by atoms with E-state index in [0.29, 0.717) is 10.9 Å². The summed E-state index contributed by atoms with van der Waals surface area (Å²) in [5.74, 6) is 1.38. The third kappa shape index (κ3) is 2.24. The van der Waals surface area contributed by atoms with E-state index in [1.165, 1.54) is 0 Å². The van der Waals surface area contributed by atoms with Gasteiger partial charge in [0.25, 0.3) is 0 Å². The maximum atomic E-state index is 5.75. The van der Waals surface area contributed by atoms with Gasteiger partial charge in [-0.3, -0.25) is 4.68 Å². The maximum absolute atomic E-state index is 5.75. The summed E-state index contributed by atoms with van der Waals surface area (Å²) in [6.07, 6.45) is 7.05. The zero-order valence-electron chi connectivity index (χ0n) is 9.20. The SMILES string of the molecule is Clc1cnc(N2CC(Cn3cccn3)C2)nc1. The van der Waals surface area contributed by atoms with Gasteiger partial charge in [-0.2, -0.15) is 5.10 Å². The molecule has 2 aromatic rings. The quantitative estimate of drug-likeness (QED) is 0.826. The standard InChI is InChI=1S/C11H12ClN5/c12-10-4-13-11(14-5-10)16-6-9(7-16)8-17-3-1-2-15-17/h1-5,9H,6-8H2. The summed E-state index contributed by atoms with van der Waals surface area (Å²) >= 11 is 5.75. The predicted octanol–water partition coefficient (Wildman–Crippen LogP) is 1.46. The molecule has 0 amide bonds. The van der Waals surface area contributed by atoms with Gasteiger partial charge in [-0.25, -0.2) is 9.97 Å². The third-order valence-corrected chi connectivity index (χ3v) is 3.05. The molecule has 88 valence electrons. The minimum absolute atomic E-state index is 0.572. The van der Waals surface area contributed by atoms with E-state index in [4.69, 9.17) is 11.6 Å². The number of hydrogen-bond acceptors (Lipinski definition) is 4. The highest BCUT2D eigenvalue weighted by molar-refractivity contribution is 6.30. The highest BCUT2D eigenvalue weighted by Crippen LogP contribution is 2.22. The van der Waals surface area contributed by atoms with Gasteiger partial charge in [0.2, 0.25) is 5.95 Å². The summed E-state index contributed by atoms with van der Waals surface area (Å²) in [7, 11) is 0. The fraction of sp³-hybridized carbons (Fsp3) is 0.364. The molecular formula is C11H12ClN5. The molecule has 17 heavy (non-hydrogen) atoms. The first-order chi connectivity index (χ1) is 8.31. The van der Waals surface area contributed by atoms with Gasteiger partial charge in [0, 0.05) is 37.9 Å². The fourth-order valence-electron chi connectivity index (χ4n) is 1.99. The Morgan fingerprint density at radius 1 is 1.29 bits per heavy atom. The Balaban J connectivity index is 1.56. The van der Waals surface area contributed by atoms with Crippen molar-refractivity contribution < 1.29 is 0 Å². The second-order valence-electron chi connectivity index (χ2n) is 4.20. The Kier molecular flexibility index (Phi) is 2.68. The maximum Gasteiger partial charge on any atom is 0.225 e. The Morgan fingerprint density at radius 3 is 2.71 bits per heavy atom. The number of aromatic nitrogens is 4. The van der Waals surface area contributed by atoms with E-state index in [1.807, 2.05) is 16.9 Å². The van der Waals surface area contributed by atoms with Gasteiger partial charge in [0.15, 0.2) is 0 Å². The van der Waals surface area contributed by atoms with Crippen LogP contribution in [0.2, 0.25) is 5.02 Å². The van der Waals surface area contributed by atoms with E-state index in [-0.39, 0.29) is 0 Å².